The lowest BCUT2D eigenvalue weighted by Crippen LogP contribution is -2.51. The normalized spacial score (nSPS) is 19.1. The molecule has 1 heterocycles. The highest BCUT2D eigenvalue weighted by molar-refractivity contribution is 5.82. The van der Waals surface area contributed by atoms with Gasteiger partial charge in [0, 0.05) is 25.6 Å². The minimum absolute atomic E-state index is 0.00323. The molecule has 1 unspecified atom stereocenters. The summed E-state index contributed by atoms with van der Waals surface area (Å²) in [4.78, 5) is 24.9. The van der Waals surface area contributed by atoms with Crippen molar-refractivity contribution in [2.24, 2.45) is 0 Å². The molecule has 7 nitrogen and oxygen atoms in total. The molecular weight excluding hydrogens is 262 g/mol. The van der Waals surface area contributed by atoms with Crippen molar-refractivity contribution >= 4 is 12.0 Å². The number of aliphatic hydroxyl groups is 1. The van der Waals surface area contributed by atoms with E-state index in [-0.39, 0.29) is 19.1 Å². The summed E-state index contributed by atoms with van der Waals surface area (Å²) in [5.74, 6) is -1.14. The van der Waals surface area contributed by atoms with Gasteiger partial charge < -0.3 is 25.7 Å². The second-order valence-corrected chi connectivity index (χ2v) is 5.28. The Morgan fingerprint density at radius 2 is 1.85 bits per heavy atom. The highest BCUT2D eigenvalue weighted by Gasteiger charge is 2.20. The van der Waals surface area contributed by atoms with Crippen LogP contribution in [-0.2, 0) is 4.79 Å². The van der Waals surface area contributed by atoms with Gasteiger partial charge in [0.25, 0.3) is 0 Å². The Kier molecular flexibility index (Phi) is 7.32. The second kappa shape index (κ2) is 8.76. The van der Waals surface area contributed by atoms with Gasteiger partial charge >= 0.3 is 12.0 Å². The van der Waals surface area contributed by atoms with E-state index < -0.39 is 18.0 Å². The lowest BCUT2D eigenvalue weighted by atomic mass is 10.1. The summed E-state index contributed by atoms with van der Waals surface area (Å²) in [5.41, 5.74) is 0. The molecule has 0 bridgehead atoms. The number of hydrogen-bond donors (Lipinski definition) is 4. The molecule has 1 aliphatic rings. The van der Waals surface area contributed by atoms with Crippen LogP contribution in [0.5, 0.6) is 0 Å². The van der Waals surface area contributed by atoms with Crippen molar-refractivity contribution in [2.75, 3.05) is 26.2 Å². The summed E-state index contributed by atoms with van der Waals surface area (Å²) < 4.78 is 0. The van der Waals surface area contributed by atoms with Crippen molar-refractivity contribution in [1.29, 1.82) is 0 Å². The van der Waals surface area contributed by atoms with Crippen molar-refractivity contribution in [3.05, 3.63) is 0 Å². The first kappa shape index (κ1) is 16.7. The topological polar surface area (TPSA) is 102 Å². The number of aliphatic carboxylic acids is 1. The van der Waals surface area contributed by atoms with E-state index >= 15 is 0 Å². The Labute approximate surface area is 119 Å². The molecule has 116 valence electrons. The number of nitrogens with zero attached hydrogens (tertiary/aromatic N) is 1. The van der Waals surface area contributed by atoms with E-state index in [4.69, 9.17) is 10.2 Å². The monoisotopic (exact) mass is 287 g/mol. The van der Waals surface area contributed by atoms with Gasteiger partial charge in [-0.05, 0) is 32.9 Å². The van der Waals surface area contributed by atoms with E-state index in [0.717, 1.165) is 19.6 Å². The summed E-state index contributed by atoms with van der Waals surface area (Å²) in [6, 6.07) is -1.60. The number of carboxylic acids is 1. The van der Waals surface area contributed by atoms with E-state index in [1.54, 1.807) is 0 Å². The third-order valence-electron chi connectivity index (χ3n) is 3.38. The summed E-state index contributed by atoms with van der Waals surface area (Å²) in [6.45, 7) is 4.49. The molecule has 4 N–H and O–H groups in total. The van der Waals surface area contributed by atoms with Crippen molar-refractivity contribution in [3.63, 3.8) is 0 Å². The number of aliphatic hydroxyl groups excluding tert-OH is 1. The fourth-order valence-corrected chi connectivity index (χ4v) is 2.39. The first-order valence-corrected chi connectivity index (χ1v) is 7.16. The first-order valence-electron chi connectivity index (χ1n) is 7.16. The number of piperidine rings is 1. The molecule has 0 spiro atoms. The summed E-state index contributed by atoms with van der Waals surface area (Å²) in [7, 11) is 0. The highest BCUT2D eigenvalue weighted by atomic mass is 16.4. The minimum atomic E-state index is -1.14. The first-order chi connectivity index (χ1) is 9.52. The van der Waals surface area contributed by atoms with Crippen molar-refractivity contribution < 1.29 is 19.8 Å². The van der Waals surface area contributed by atoms with Crippen LogP contribution in [0.2, 0.25) is 0 Å². The molecule has 20 heavy (non-hydrogen) atoms. The number of carboxylic acid groups (broad SMARTS) is 1. The molecule has 1 fully saturated rings. The molecule has 7 heteroatoms. The van der Waals surface area contributed by atoms with Gasteiger partial charge in [0.1, 0.15) is 6.04 Å². The zero-order valence-corrected chi connectivity index (χ0v) is 12.0. The third kappa shape index (κ3) is 6.21. The van der Waals surface area contributed by atoms with E-state index in [1.165, 1.54) is 19.3 Å². The lowest BCUT2D eigenvalue weighted by Gasteiger charge is -2.29. The molecule has 0 aromatic heterocycles. The van der Waals surface area contributed by atoms with Crippen molar-refractivity contribution in [1.82, 2.24) is 15.5 Å². The Morgan fingerprint density at radius 3 is 2.40 bits per heavy atom. The SMILES string of the molecule is CC(CN1CCCCC1)NC(=O)N[C@H](CCO)C(=O)O. The van der Waals surface area contributed by atoms with Crippen LogP contribution in [0.15, 0.2) is 0 Å². The molecule has 0 aromatic rings. The molecule has 2 amide bonds. The van der Waals surface area contributed by atoms with E-state index in [9.17, 15) is 9.59 Å². The van der Waals surface area contributed by atoms with Crippen LogP contribution >= 0.6 is 0 Å². The predicted molar refractivity (Wildman–Crippen MR) is 74.5 cm³/mol. The van der Waals surface area contributed by atoms with Crippen LogP contribution in [0.25, 0.3) is 0 Å². The van der Waals surface area contributed by atoms with Gasteiger partial charge in [-0.2, -0.15) is 0 Å². The van der Waals surface area contributed by atoms with Crippen molar-refractivity contribution in [3.8, 4) is 0 Å². The molecule has 1 aliphatic heterocycles. The zero-order chi connectivity index (χ0) is 15.0. The summed E-state index contributed by atoms with van der Waals surface area (Å²) >= 11 is 0. The Bertz CT molecular complexity index is 319. The Balaban J connectivity index is 2.30. The van der Waals surface area contributed by atoms with E-state index in [0.29, 0.717) is 0 Å². The number of rotatable bonds is 7. The quantitative estimate of drug-likeness (QED) is 0.528. The largest absolute Gasteiger partial charge is 0.480 e. The molecule has 0 aliphatic carbocycles. The van der Waals surface area contributed by atoms with Crippen LogP contribution in [0.1, 0.15) is 32.6 Å². The third-order valence-corrected chi connectivity index (χ3v) is 3.38. The second-order valence-electron chi connectivity index (χ2n) is 5.28. The fourth-order valence-electron chi connectivity index (χ4n) is 2.39. The zero-order valence-electron chi connectivity index (χ0n) is 12.0. The highest BCUT2D eigenvalue weighted by Crippen LogP contribution is 2.08. The van der Waals surface area contributed by atoms with Crippen LogP contribution in [0.3, 0.4) is 0 Å². The summed E-state index contributed by atoms with van der Waals surface area (Å²) in [5, 5.41) is 22.7. The standard InChI is InChI=1S/C13H25N3O4/c1-10(9-16-6-3-2-4-7-16)14-13(20)15-11(5-8-17)12(18)19/h10-11,17H,2-9H2,1H3,(H,18,19)(H2,14,15,20)/t10?,11-/m1/s1. The maximum Gasteiger partial charge on any atom is 0.326 e. The molecule has 2 atom stereocenters. The number of amides is 2. The lowest BCUT2D eigenvalue weighted by molar-refractivity contribution is -0.139. The number of hydrogen-bond acceptors (Lipinski definition) is 4. The van der Waals surface area contributed by atoms with Gasteiger partial charge in [0.05, 0.1) is 0 Å². The molecular formula is C13H25N3O4. The number of carbonyl (C=O) groups excluding carboxylic acids is 1. The average molecular weight is 287 g/mol. The van der Waals surface area contributed by atoms with Gasteiger partial charge in [-0.1, -0.05) is 6.42 Å². The van der Waals surface area contributed by atoms with Crippen LogP contribution in [-0.4, -0.2) is 65.4 Å². The van der Waals surface area contributed by atoms with Crippen LogP contribution in [0.4, 0.5) is 4.79 Å². The molecule has 0 saturated carbocycles. The molecule has 0 radical (unpaired) electrons. The van der Waals surface area contributed by atoms with Crippen molar-refractivity contribution in [2.45, 2.75) is 44.7 Å². The predicted octanol–water partition coefficient (Wildman–Crippen LogP) is -0.00440. The Morgan fingerprint density at radius 1 is 1.20 bits per heavy atom. The number of likely N-dealkylation sites (tertiary alicyclic amines) is 1. The smallest absolute Gasteiger partial charge is 0.326 e. The maximum atomic E-state index is 11.7. The molecule has 0 aromatic carbocycles. The van der Waals surface area contributed by atoms with Gasteiger partial charge in [0.15, 0.2) is 0 Å². The van der Waals surface area contributed by atoms with Gasteiger partial charge in [-0.3, -0.25) is 0 Å². The molecule has 1 rings (SSSR count). The maximum absolute atomic E-state index is 11.7. The minimum Gasteiger partial charge on any atom is -0.480 e. The number of nitrogens with one attached hydrogen (secondary N) is 2. The van der Waals surface area contributed by atoms with E-state index in [1.807, 2.05) is 6.92 Å². The van der Waals surface area contributed by atoms with Crippen LogP contribution < -0.4 is 10.6 Å². The van der Waals surface area contributed by atoms with Gasteiger partial charge in [-0.15, -0.1) is 0 Å². The van der Waals surface area contributed by atoms with E-state index in [2.05, 4.69) is 15.5 Å². The van der Waals surface area contributed by atoms with Gasteiger partial charge in [0.2, 0.25) is 0 Å². The average Bonchev–Trinajstić information content (AvgIpc) is 2.38. The van der Waals surface area contributed by atoms with Gasteiger partial charge in [-0.25, -0.2) is 9.59 Å². The fraction of sp³-hybridized carbons (Fsp3) is 0.846. The number of urea groups is 1. The number of carbonyl (C=O) groups is 2. The summed E-state index contributed by atoms with van der Waals surface area (Å²) in [6.07, 6.45) is 3.65. The Hall–Kier alpha value is -1.34. The molecule has 1 saturated heterocycles. The van der Waals surface area contributed by atoms with Crippen LogP contribution in [0, 0.1) is 0 Å².